The standard InChI is InChI=1S/C21H32O2/c1-13(22)19-8-9-20-18-6-4-14-12-15(23-3)5-7-16(14)17(18)10-11-21(19,20)2/h5,13,17-20,22H,4,6-12H2,1-3H3/t13-,17-,18-,19-,20-,21-/m1/s1. The predicted octanol–water partition coefficient (Wildman–Crippen LogP) is 4.84. The van der Waals surface area contributed by atoms with Crippen molar-refractivity contribution in [3.63, 3.8) is 0 Å². The quantitative estimate of drug-likeness (QED) is 0.739. The molecule has 1 N–H and O–H groups in total. The van der Waals surface area contributed by atoms with E-state index in [-0.39, 0.29) is 6.10 Å². The maximum atomic E-state index is 10.3. The van der Waals surface area contributed by atoms with E-state index in [2.05, 4.69) is 13.0 Å². The van der Waals surface area contributed by atoms with Gasteiger partial charge in [0, 0.05) is 6.42 Å². The van der Waals surface area contributed by atoms with Crippen LogP contribution in [0.3, 0.4) is 0 Å². The van der Waals surface area contributed by atoms with E-state index in [1.807, 2.05) is 14.0 Å². The predicted molar refractivity (Wildman–Crippen MR) is 92.8 cm³/mol. The molecule has 0 heterocycles. The van der Waals surface area contributed by atoms with Crippen LogP contribution in [0.2, 0.25) is 0 Å². The summed E-state index contributed by atoms with van der Waals surface area (Å²) in [6, 6.07) is 0. The van der Waals surface area contributed by atoms with E-state index >= 15 is 0 Å². The van der Waals surface area contributed by atoms with Gasteiger partial charge < -0.3 is 9.84 Å². The zero-order valence-corrected chi connectivity index (χ0v) is 15.0. The van der Waals surface area contributed by atoms with Crippen molar-refractivity contribution >= 4 is 0 Å². The molecule has 0 amide bonds. The third kappa shape index (κ3) is 2.32. The van der Waals surface area contributed by atoms with Gasteiger partial charge in [0.05, 0.1) is 19.0 Å². The molecule has 0 radical (unpaired) electrons. The lowest BCUT2D eigenvalue weighted by atomic mass is 9.53. The minimum Gasteiger partial charge on any atom is -0.501 e. The first kappa shape index (κ1) is 15.7. The fraction of sp³-hybridized carbons (Fsp3) is 0.810. The third-order valence-electron chi connectivity index (χ3n) is 7.97. The van der Waals surface area contributed by atoms with Crippen molar-refractivity contribution in [2.75, 3.05) is 7.11 Å². The largest absolute Gasteiger partial charge is 0.501 e. The molecule has 4 rings (SSSR count). The number of rotatable bonds is 2. The Balaban J connectivity index is 1.59. The number of hydrogen-bond donors (Lipinski definition) is 1. The molecule has 0 spiro atoms. The number of ether oxygens (including phenoxy) is 1. The van der Waals surface area contributed by atoms with E-state index < -0.39 is 0 Å². The summed E-state index contributed by atoms with van der Waals surface area (Å²) in [5.74, 6) is 4.23. The molecule has 2 saturated carbocycles. The van der Waals surface area contributed by atoms with Crippen LogP contribution in [0.15, 0.2) is 23.0 Å². The van der Waals surface area contributed by atoms with Gasteiger partial charge in [0.2, 0.25) is 0 Å². The fourth-order valence-corrected chi connectivity index (χ4v) is 6.88. The zero-order valence-electron chi connectivity index (χ0n) is 15.0. The summed E-state index contributed by atoms with van der Waals surface area (Å²) >= 11 is 0. The summed E-state index contributed by atoms with van der Waals surface area (Å²) in [5.41, 5.74) is 3.85. The SMILES string of the molecule is COC1=CCC2=C(CC[C@@H]3[C@@H]2CC[C@@]2(C)[C@@H]3CC[C@@H]2[C@@H](C)O)C1. The summed E-state index contributed by atoms with van der Waals surface area (Å²) < 4.78 is 5.50. The minimum atomic E-state index is -0.137. The molecule has 0 aliphatic heterocycles. The Morgan fingerprint density at radius 1 is 1.26 bits per heavy atom. The third-order valence-corrected chi connectivity index (χ3v) is 7.97. The molecular weight excluding hydrogens is 284 g/mol. The molecule has 23 heavy (non-hydrogen) atoms. The summed E-state index contributed by atoms with van der Waals surface area (Å²) in [5, 5.41) is 10.3. The molecule has 128 valence electrons. The minimum absolute atomic E-state index is 0.137. The maximum absolute atomic E-state index is 10.3. The fourth-order valence-electron chi connectivity index (χ4n) is 6.88. The highest BCUT2D eigenvalue weighted by molar-refractivity contribution is 5.32. The van der Waals surface area contributed by atoms with Gasteiger partial charge in [0.15, 0.2) is 0 Å². The number of aliphatic hydroxyl groups excluding tert-OH is 1. The van der Waals surface area contributed by atoms with Crippen LogP contribution in [0.5, 0.6) is 0 Å². The first-order valence-corrected chi connectivity index (χ1v) is 9.66. The Morgan fingerprint density at radius 2 is 2.09 bits per heavy atom. The van der Waals surface area contributed by atoms with Gasteiger partial charge in [-0.25, -0.2) is 0 Å². The van der Waals surface area contributed by atoms with E-state index in [4.69, 9.17) is 4.74 Å². The second kappa shape index (κ2) is 5.65. The topological polar surface area (TPSA) is 29.5 Å². The van der Waals surface area contributed by atoms with Crippen molar-refractivity contribution in [1.82, 2.24) is 0 Å². The Bertz CT molecular complexity index is 544. The molecule has 0 aromatic heterocycles. The van der Waals surface area contributed by atoms with Crippen molar-refractivity contribution in [3.8, 4) is 0 Å². The summed E-state index contributed by atoms with van der Waals surface area (Å²) in [4.78, 5) is 0. The number of hydrogen-bond acceptors (Lipinski definition) is 2. The second-order valence-corrected chi connectivity index (χ2v) is 8.77. The monoisotopic (exact) mass is 316 g/mol. The smallest absolute Gasteiger partial charge is 0.0959 e. The lowest BCUT2D eigenvalue weighted by Gasteiger charge is -2.52. The van der Waals surface area contributed by atoms with Gasteiger partial charge in [-0.1, -0.05) is 18.1 Å². The van der Waals surface area contributed by atoms with Crippen molar-refractivity contribution < 1.29 is 9.84 Å². The van der Waals surface area contributed by atoms with Gasteiger partial charge in [-0.2, -0.15) is 0 Å². The molecule has 0 unspecified atom stereocenters. The van der Waals surface area contributed by atoms with Crippen LogP contribution in [0, 0.1) is 29.1 Å². The van der Waals surface area contributed by atoms with Crippen LogP contribution >= 0.6 is 0 Å². The number of methoxy groups -OCH3 is 1. The van der Waals surface area contributed by atoms with Gasteiger partial charge in [-0.3, -0.25) is 0 Å². The molecule has 6 atom stereocenters. The van der Waals surface area contributed by atoms with Crippen LogP contribution in [0.4, 0.5) is 0 Å². The van der Waals surface area contributed by atoms with Crippen molar-refractivity contribution in [3.05, 3.63) is 23.0 Å². The van der Waals surface area contributed by atoms with Gasteiger partial charge >= 0.3 is 0 Å². The molecule has 0 saturated heterocycles. The molecule has 0 aromatic rings. The van der Waals surface area contributed by atoms with Crippen LogP contribution in [0.1, 0.15) is 65.2 Å². The normalized spacial score (nSPS) is 44.1. The van der Waals surface area contributed by atoms with Crippen molar-refractivity contribution in [2.24, 2.45) is 29.1 Å². The van der Waals surface area contributed by atoms with E-state index in [1.165, 1.54) is 44.3 Å². The lowest BCUT2D eigenvalue weighted by molar-refractivity contribution is -0.0264. The van der Waals surface area contributed by atoms with Crippen LogP contribution in [-0.4, -0.2) is 18.3 Å². The number of aliphatic hydroxyl groups is 1. The molecule has 2 nitrogen and oxygen atoms in total. The maximum Gasteiger partial charge on any atom is 0.0959 e. The Morgan fingerprint density at radius 3 is 2.83 bits per heavy atom. The van der Waals surface area contributed by atoms with Crippen LogP contribution in [0.25, 0.3) is 0 Å². The molecular formula is C21H32O2. The first-order valence-electron chi connectivity index (χ1n) is 9.66. The van der Waals surface area contributed by atoms with Crippen molar-refractivity contribution in [2.45, 2.75) is 71.3 Å². The second-order valence-electron chi connectivity index (χ2n) is 8.77. The van der Waals surface area contributed by atoms with Crippen molar-refractivity contribution in [1.29, 1.82) is 0 Å². The summed E-state index contributed by atoms with van der Waals surface area (Å²) in [6.45, 7) is 4.51. The van der Waals surface area contributed by atoms with Crippen LogP contribution in [-0.2, 0) is 4.74 Å². The van der Waals surface area contributed by atoms with Gasteiger partial charge in [0.1, 0.15) is 0 Å². The molecule has 4 aliphatic carbocycles. The highest BCUT2D eigenvalue weighted by Gasteiger charge is 2.55. The molecule has 0 aromatic carbocycles. The lowest BCUT2D eigenvalue weighted by Crippen LogP contribution is -2.45. The van der Waals surface area contributed by atoms with E-state index in [1.54, 1.807) is 11.1 Å². The zero-order chi connectivity index (χ0) is 16.2. The average molecular weight is 316 g/mol. The Kier molecular flexibility index (Phi) is 3.87. The number of fused-ring (bicyclic) bond motifs is 4. The summed E-state index contributed by atoms with van der Waals surface area (Å²) in [6.07, 6.45) is 12.3. The van der Waals surface area contributed by atoms with Gasteiger partial charge in [0.25, 0.3) is 0 Å². The van der Waals surface area contributed by atoms with E-state index in [0.29, 0.717) is 11.3 Å². The highest BCUT2D eigenvalue weighted by Crippen LogP contribution is 2.63. The van der Waals surface area contributed by atoms with Gasteiger partial charge in [-0.05, 0) is 87.0 Å². The highest BCUT2D eigenvalue weighted by atomic mass is 16.5. The van der Waals surface area contributed by atoms with Gasteiger partial charge in [-0.15, -0.1) is 0 Å². The van der Waals surface area contributed by atoms with Crippen LogP contribution < -0.4 is 0 Å². The number of allylic oxidation sites excluding steroid dienone is 3. The molecule has 2 heteroatoms. The Hall–Kier alpha value is -0.760. The average Bonchev–Trinajstić information content (AvgIpc) is 2.91. The summed E-state index contributed by atoms with van der Waals surface area (Å²) in [7, 11) is 1.81. The van der Waals surface area contributed by atoms with E-state index in [9.17, 15) is 5.11 Å². The Labute approximate surface area is 141 Å². The molecule has 2 fully saturated rings. The first-order chi connectivity index (χ1) is 11.0. The molecule has 4 aliphatic rings. The van der Waals surface area contributed by atoms with E-state index in [0.717, 1.165) is 30.6 Å². The molecule has 0 bridgehead atoms.